The van der Waals surface area contributed by atoms with E-state index >= 15 is 0 Å². The zero-order valence-corrected chi connectivity index (χ0v) is 13.8. The van der Waals surface area contributed by atoms with Gasteiger partial charge in [0.15, 0.2) is 0 Å². The molecule has 5 heteroatoms. The first-order chi connectivity index (χ1) is 10.5. The lowest BCUT2D eigenvalue weighted by Gasteiger charge is -2.33. The summed E-state index contributed by atoms with van der Waals surface area (Å²) in [6, 6.07) is 4.07. The molecule has 0 aliphatic carbocycles. The molecule has 0 spiro atoms. The van der Waals surface area contributed by atoms with Crippen LogP contribution in [0.4, 0.5) is 0 Å². The Kier molecular flexibility index (Phi) is 5.63. The van der Waals surface area contributed by atoms with Gasteiger partial charge in [0.1, 0.15) is 0 Å². The van der Waals surface area contributed by atoms with Gasteiger partial charge in [-0.15, -0.1) is 0 Å². The summed E-state index contributed by atoms with van der Waals surface area (Å²) in [5.74, 6) is 0.630. The van der Waals surface area contributed by atoms with Crippen molar-refractivity contribution in [3.63, 3.8) is 0 Å². The number of carbonyl (C=O) groups excluding carboxylic acids is 2. The van der Waals surface area contributed by atoms with Gasteiger partial charge in [-0.3, -0.25) is 9.59 Å². The Morgan fingerprint density at radius 1 is 1.45 bits per heavy atom. The Labute approximate surface area is 132 Å². The molecule has 2 amide bonds. The Hall–Kier alpha value is -1.78. The van der Waals surface area contributed by atoms with Gasteiger partial charge in [0.05, 0.1) is 5.92 Å². The Balaban J connectivity index is 1.79. The van der Waals surface area contributed by atoms with E-state index < -0.39 is 0 Å². The fourth-order valence-electron chi connectivity index (χ4n) is 2.96. The van der Waals surface area contributed by atoms with E-state index in [-0.39, 0.29) is 17.7 Å². The van der Waals surface area contributed by atoms with Crippen molar-refractivity contribution in [2.45, 2.75) is 33.1 Å². The summed E-state index contributed by atoms with van der Waals surface area (Å²) in [7, 11) is 2.01. The minimum Gasteiger partial charge on any atom is -0.355 e. The molecule has 22 heavy (non-hydrogen) atoms. The van der Waals surface area contributed by atoms with Crippen LogP contribution in [0.15, 0.2) is 18.3 Å². The molecule has 1 fully saturated rings. The summed E-state index contributed by atoms with van der Waals surface area (Å²) in [5, 5.41) is 3.02. The Bertz CT molecular complexity index is 522. The third-order valence-corrected chi connectivity index (χ3v) is 4.19. The molecule has 1 N–H and O–H groups in total. The molecular weight excluding hydrogens is 278 g/mol. The highest BCUT2D eigenvalue weighted by Gasteiger charge is 2.30. The smallest absolute Gasteiger partial charge is 0.224 e. The largest absolute Gasteiger partial charge is 0.355 e. The van der Waals surface area contributed by atoms with Crippen LogP contribution < -0.4 is 5.32 Å². The fourth-order valence-corrected chi connectivity index (χ4v) is 2.96. The summed E-state index contributed by atoms with van der Waals surface area (Å²) in [5.41, 5.74) is 1.21. The zero-order chi connectivity index (χ0) is 16.1. The number of carbonyl (C=O) groups is 2. The number of nitrogens with zero attached hydrogens (tertiary/aromatic N) is 2. The van der Waals surface area contributed by atoms with Gasteiger partial charge in [-0.1, -0.05) is 13.8 Å². The molecule has 1 aromatic heterocycles. The van der Waals surface area contributed by atoms with Crippen LogP contribution in [0, 0.1) is 11.8 Å². The van der Waals surface area contributed by atoms with Gasteiger partial charge in [0, 0.05) is 51.4 Å². The highest BCUT2D eigenvalue weighted by Crippen LogP contribution is 2.19. The van der Waals surface area contributed by atoms with Crippen LogP contribution in [0.1, 0.15) is 32.4 Å². The lowest BCUT2D eigenvalue weighted by Crippen LogP contribution is -2.47. The van der Waals surface area contributed by atoms with Crippen LogP contribution in [-0.2, 0) is 23.1 Å². The van der Waals surface area contributed by atoms with Crippen molar-refractivity contribution in [3.8, 4) is 0 Å². The lowest BCUT2D eigenvalue weighted by molar-refractivity contribution is -0.138. The van der Waals surface area contributed by atoms with E-state index in [1.807, 2.05) is 24.2 Å². The number of amides is 2. The maximum Gasteiger partial charge on any atom is 0.224 e. The molecule has 1 aromatic rings. The van der Waals surface area contributed by atoms with Crippen LogP contribution in [0.2, 0.25) is 0 Å². The lowest BCUT2D eigenvalue weighted by atomic mass is 9.95. The summed E-state index contributed by atoms with van der Waals surface area (Å²) < 4.78 is 2.07. The van der Waals surface area contributed by atoms with Gasteiger partial charge >= 0.3 is 0 Å². The van der Waals surface area contributed by atoms with Crippen molar-refractivity contribution < 1.29 is 9.59 Å². The van der Waals surface area contributed by atoms with Gasteiger partial charge in [0.25, 0.3) is 0 Å². The van der Waals surface area contributed by atoms with Gasteiger partial charge in [-0.05, 0) is 24.5 Å². The van der Waals surface area contributed by atoms with Crippen LogP contribution in [0.25, 0.3) is 0 Å². The first-order valence-electron chi connectivity index (χ1n) is 8.13. The second kappa shape index (κ2) is 7.47. The van der Waals surface area contributed by atoms with Gasteiger partial charge in [-0.2, -0.15) is 0 Å². The fraction of sp³-hybridized carbons (Fsp3) is 0.647. The number of hydrogen-bond acceptors (Lipinski definition) is 2. The Morgan fingerprint density at radius 2 is 2.23 bits per heavy atom. The van der Waals surface area contributed by atoms with E-state index in [1.165, 1.54) is 5.69 Å². The van der Waals surface area contributed by atoms with E-state index in [4.69, 9.17) is 0 Å². The molecule has 5 nitrogen and oxygen atoms in total. The van der Waals surface area contributed by atoms with Crippen molar-refractivity contribution >= 4 is 11.8 Å². The Morgan fingerprint density at radius 3 is 2.86 bits per heavy atom. The molecule has 0 unspecified atom stereocenters. The molecule has 1 aliphatic heterocycles. The monoisotopic (exact) mass is 305 g/mol. The normalized spacial score (nSPS) is 18.8. The molecular formula is C17H27N3O2. The second-order valence-electron chi connectivity index (χ2n) is 6.58. The number of aryl methyl sites for hydroxylation is 1. The summed E-state index contributed by atoms with van der Waals surface area (Å²) in [6.45, 7) is 6.14. The van der Waals surface area contributed by atoms with E-state index in [9.17, 15) is 9.59 Å². The number of piperidine rings is 1. The van der Waals surface area contributed by atoms with Gasteiger partial charge in [0.2, 0.25) is 11.8 Å². The number of nitrogens with one attached hydrogen (secondary N) is 1. The standard InChI is InChI=1S/C17H27N3O2/c1-13(2)11-20-12-14(6-7-16(20)21)17(22)18-9-8-15-5-4-10-19(15)3/h4-5,10,13-14H,6-9,11-12H2,1-3H3,(H,18,22)/t14-/m0/s1. The highest BCUT2D eigenvalue weighted by atomic mass is 16.2. The summed E-state index contributed by atoms with van der Waals surface area (Å²) >= 11 is 0. The predicted molar refractivity (Wildman–Crippen MR) is 86.3 cm³/mol. The van der Waals surface area contributed by atoms with E-state index in [1.54, 1.807) is 0 Å². The van der Waals surface area contributed by atoms with Crippen molar-refractivity contribution in [1.29, 1.82) is 0 Å². The van der Waals surface area contributed by atoms with Crippen LogP contribution in [0.3, 0.4) is 0 Å². The minimum absolute atomic E-state index is 0.0649. The van der Waals surface area contributed by atoms with E-state index in [0.717, 1.165) is 13.0 Å². The molecule has 1 aliphatic rings. The number of aromatic nitrogens is 1. The van der Waals surface area contributed by atoms with Crippen molar-refractivity contribution in [2.24, 2.45) is 18.9 Å². The first kappa shape index (κ1) is 16.6. The third kappa shape index (κ3) is 4.36. The molecule has 0 saturated carbocycles. The molecule has 0 radical (unpaired) electrons. The number of hydrogen-bond donors (Lipinski definition) is 1. The maximum atomic E-state index is 12.3. The highest BCUT2D eigenvalue weighted by molar-refractivity contribution is 5.83. The molecule has 0 aromatic carbocycles. The van der Waals surface area contributed by atoms with E-state index in [0.29, 0.717) is 31.8 Å². The van der Waals surface area contributed by atoms with Crippen LogP contribution >= 0.6 is 0 Å². The van der Waals surface area contributed by atoms with Crippen molar-refractivity contribution in [1.82, 2.24) is 14.8 Å². The molecule has 1 atom stereocenters. The quantitative estimate of drug-likeness (QED) is 0.867. The molecule has 2 heterocycles. The first-order valence-corrected chi connectivity index (χ1v) is 8.13. The van der Waals surface area contributed by atoms with E-state index in [2.05, 4.69) is 29.8 Å². The molecule has 0 bridgehead atoms. The zero-order valence-electron chi connectivity index (χ0n) is 13.8. The summed E-state index contributed by atoms with van der Waals surface area (Å²) in [4.78, 5) is 26.0. The average molecular weight is 305 g/mol. The number of rotatable bonds is 6. The third-order valence-electron chi connectivity index (χ3n) is 4.19. The topological polar surface area (TPSA) is 54.3 Å². The van der Waals surface area contributed by atoms with Gasteiger partial charge in [-0.25, -0.2) is 0 Å². The molecule has 2 rings (SSSR count). The number of likely N-dealkylation sites (tertiary alicyclic amines) is 1. The van der Waals surface area contributed by atoms with Crippen molar-refractivity contribution in [2.75, 3.05) is 19.6 Å². The van der Waals surface area contributed by atoms with Crippen LogP contribution in [-0.4, -0.2) is 40.9 Å². The van der Waals surface area contributed by atoms with Crippen LogP contribution in [0.5, 0.6) is 0 Å². The molecule has 1 saturated heterocycles. The molecule has 122 valence electrons. The maximum absolute atomic E-state index is 12.3. The average Bonchev–Trinajstić information content (AvgIpc) is 2.86. The predicted octanol–water partition coefficient (Wildman–Crippen LogP) is 1.58. The summed E-state index contributed by atoms with van der Waals surface area (Å²) in [6.07, 6.45) is 4.00. The second-order valence-corrected chi connectivity index (χ2v) is 6.58. The van der Waals surface area contributed by atoms with Gasteiger partial charge < -0.3 is 14.8 Å². The van der Waals surface area contributed by atoms with Crippen molar-refractivity contribution in [3.05, 3.63) is 24.0 Å². The SMILES string of the molecule is CC(C)CN1C[C@@H](C(=O)NCCc2cccn2C)CCC1=O. The minimum atomic E-state index is -0.0649.